The third-order valence-electron chi connectivity index (χ3n) is 0.756. The fourth-order valence-electron chi connectivity index (χ4n) is 0.455. The molecule has 5 heteroatoms. The first-order valence-corrected chi connectivity index (χ1v) is 3.21. The molecule has 0 unspecified atom stereocenters. The second-order valence-corrected chi connectivity index (χ2v) is 2.14. The molecule has 0 aliphatic carbocycles. The molecule has 1 saturated heterocycles. The predicted octanol–water partition coefficient (Wildman–Crippen LogP) is -1.43. The Balaban J connectivity index is 2.88. The molecule has 0 radical (unpaired) electrons. The summed E-state index contributed by atoms with van der Waals surface area (Å²) in [6.45, 7) is 1.03. The van der Waals surface area contributed by atoms with E-state index in [1.165, 1.54) is 0 Å². The van der Waals surface area contributed by atoms with Crippen LogP contribution in [0.1, 0.15) is 0 Å². The fourth-order valence-corrected chi connectivity index (χ4v) is 0.854. The van der Waals surface area contributed by atoms with Crippen LogP contribution in [0.4, 0.5) is 0 Å². The maximum Gasteiger partial charge on any atom is 0.257 e. The third kappa shape index (κ3) is 1.06. The van der Waals surface area contributed by atoms with E-state index in [1.807, 2.05) is 0 Å². The first kappa shape index (κ1) is 5.74. The zero-order valence-electron chi connectivity index (χ0n) is 4.05. The first-order chi connectivity index (χ1) is 3.80. The summed E-state index contributed by atoms with van der Waals surface area (Å²) in [5.41, 5.74) is 0. The largest absolute Gasteiger partial charge is 0.322 e. The summed E-state index contributed by atoms with van der Waals surface area (Å²) in [5, 5.41) is 2.50. The quantitative estimate of drug-likeness (QED) is 0.414. The Labute approximate surface area is 48.0 Å². The van der Waals surface area contributed by atoms with E-state index in [0.29, 0.717) is 13.2 Å². The van der Waals surface area contributed by atoms with Crippen molar-refractivity contribution in [1.29, 1.82) is 0 Å². The van der Waals surface area contributed by atoms with Gasteiger partial charge in [-0.15, -0.1) is 0 Å². The van der Waals surface area contributed by atoms with E-state index < -0.39 is 10.3 Å². The van der Waals surface area contributed by atoms with E-state index >= 15 is 0 Å². The van der Waals surface area contributed by atoms with Gasteiger partial charge in [0.05, 0.1) is 6.61 Å². The Morgan fingerprint density at radius 3 is 2.62 bits per heavy atom. The van der Waals surface area contributed by atoms with Gasteiger partial charge in [0, 0.05) is 6.54 Å². The SMILES string of the molecule is O=S(=O)=C1NCCO1. The van der Waals surface area contributed by atoms with Gasteiger partial charge in [-0.25, -0.2) is 0 Å². The summed E-state index contributed by atoms with van der Waals surface area (Å²) in [4.78, 5) is 0. The maximum absolute atomic E-state index is 9.98. The molecule has 1 fully saturated rings. The Morgan fingerprint density at radius 1 is 1.62 bits per heavy atom. The molecule has 0 saturated carbocycles. The zero-order valence-corrected chi connectivity index (χ0v) is 4.86. The lowest BCUT2D eigenvalue weighted by Crippen LogP contribution is -2.15. The monoisotopic (exact) mass is 135 g/mol. The number of hydrogen-bond acceptors (Lipinski definition) is 3. The minimum Gasteiger partial charge on any atom is -0.322 e. The van der Waals surface area contributed by atoms with Crippen LogP contribution < -0.4 is 5.32 Å². The molecule has 1 aliphatic rings. The van der Waals surface area contributed by atoms with Gasteiger partial charge in [0.2, 0.25) is 5.17 Å². The molecule has 0 aromatic rings. The van der Waals surface area contributed by atoms with Crippen LogP contribution in [0.3, 0.4) is 0 Å². The van der Waals surface area contributed by atoms with Crippen LogP contribution in [0.5, 0.6) is 0 Å². The topological polar surface area (TPSA) is 55.4 Å². The smallest absolute Gasteiger partial charge is 0.257 e. The molecule has 1 heterocycles. The molecule has 0 aromatic heterocycles. The highest BCUT2D eigenvalue weighted by molar-refractivity contribution is 7.72. The lowest BCUT2D eigenvalue weighted by atomic mass is 10.7. The van der Waals surface area contributed by atoms with Gasteiger partial charge in [-0.2, -0.15) is 8.42 Å². The van der Waals surface area contributed by atoms with Crippen LogP contribution in [0.25, 0.3) is 0 Å². The molecular weight excluding hydrogens is 130 g/mol. The van der Waals surface area contributed by atoms with Gasteiger partial charge >= 0.3 is 0 Å². The maximum atomic E-state index is 9.98. The molecule has 0 amide bonds. The fraction of sp³-hybridized carbons (Fsp3) is 0.667. The molecule has 1 N–H and O–H groups in total. The Kier molecular flexibility index (Phi) is 1.62. The van der Waals surface area contributed by atoms with Crippen molar-refractivity contribution in [3.63, 3.8) is 0 Å². The summed E-state index contributed by atoms with van der Waals surface area (Å²) in [5.74, 6) is 0. The van der Waals surface area contributed by atoms with Crippen molar-refractivity contribution >= 4 is 15.5 Å². The van der Waals surface area contributed by atoms with Crippen molar-refractivity contribution in [3.05, 3.63) is 0 Å². The predicted molar refractivity (Wildman–Crippen MR) is 27.9 cm³/mol. The Hall–Kier alpha value is -0.390. The Bertz CT molecular complexity index is 189. The van der Waals surface area contributed by atoms with Crippen LogP contribution >= 0.6 is 0 Å². The minimum absolute atomic E-state index is 0.0370. The van der Waals surface area contributed by atoms with Gasteiger partial charge in [-0.1, -0.05) is 0 Å². The average Bonchev–Trinajstić information content (AvgIpc) is 2.12. The van der Waals surface area contributed by atoms with Gasteiger partial charge in [0.1, 0.15) is 0 Å². The molecule has 46 valence electrons. The average molecular weight is 135 g/mol. The van der Waals surface area contributed by atoms with E-state index in [-0.39, 0.29) is 5.17 Å². The molecular formula is C3H5NO3S. The molecule has 0 spiro atoms. The standard InChI is InChI=1S/C3H5NO3S/c5-8(6)3-4-1-2-7-3/h4H,1-2H2. The minimum atomic E-state index is -2.21. The van der Waals surface area contributed by atoms with Crippen molar-refractivity contribution in [2.24, 2.45) is 0 Å². The summed E-state index contributed by atoms with van der Waals surface area (Å²) < 4.78 is 24.6. The summed E-state index contributed by atoms with van der Waals surface area (Å²) in [7, 11) is -2.21. The highest BCUT2D eigenvalue weighted by atomic mass is 32.2. The normalized spacial score (nSPS) is 19.2. The lowest BCUT2D eigenvalue weighted by molar-refractivity contribution is 0.359. The molecule has 1 rings (SSSR count). The van der Waals surface area contributed by atoms with Crippen molar-refractivity contribution in [2.75, 3.05) is 13.2 Å². The van der Waals surface area contributed by atoms with Crippen molar-refractivity contribution in [1.82, 2.24) is 5.32 Å². The zero-order chi connectivity index (χ0) is 5.98. The third-order valence-corrected chi connectivity index (χ3v) is 1.32. The highest BCUT2D eigenvalue weighted by Crippen LogP contribution is 1.82. The van der Waals surface area contributed by atoms with E-state index in [2.05, 4.69) is 10.1 Å². The van der Waals surface area contributed by atoms with E-state index in [9.17, 15) is 8.42 Å². The molecule has 4 nitrogen and oxygen atoms in total. The number of rotatable bonds is 0. The summed E-state index contributed by atoms with van der Waals surface area (Å²) in [6, 6.07) is 0. The summed E-state index contributed by atoms with van der Waals surface area (Å²) in [6.07, 6.45) is 0. The number of nitrogens with one attached hydrogen (secondary N) is 1. The highest BCUT2D eigenvalue weighted by Gasteiger charge is 2.07. The van der Waals surface area contributed by atoms with Crippen molar-refractivity contribution in [2.45, 2.75) is 0 Å². The second-order valence-electron chi connectivity index (χ2n) is 1.30. The first-order valence-electron chi connectivity index (χ1n) is 2.13. The van der Waals surface area contributed by atoms with Gasteiger partial charge in [-0.3, -0.25) is 5.32 Å². The van der Waals surface area contributed by atoms with Gasteiger partial charge in [0.15, 0.2) is 0 Å². The summed E-state index contributed by atoms with van der Waals surface area (Å²) >= 11 is 0. The number of hydrogen-bond donors (Lipinski definition) is 1. The van der Waals surface area contributed by atoms with Gasteiger partial charge in [-0.05, 0) is 0 Å². The molecule has 0 aromatic carbocycles. The molecule has 1 aliphatic heterocycles. The van der Waals surface area contributed by atoms with E-state index in [1.54, 1.807) is 0 Å². The van der Waals surface area contributed by atoms with Gasteiger partial charge in [0.25, 0.3) is 10.3 Å². The van der Waals surface area contributed by atoms with Crippen LogP contribution in [-0.2, 0) is 15.0 Å². The van der Waals surface area contributed by atoms with Crippen LogP contribution in [0, 0.1) is 0 Å². The van der Waals surface area contributed by atoms with Gasteiger partial charge < -0.3 is 4.74 Å². The van der Waals surface area contributed by atoms with Crippen molar-refractivity contribution in [3.8, 4) is 0 Å². The van der Waals surface area contributed by atoms with Crippen LogP contribution in [-0.4, -0.2) is 26.7 Å². The van der Waals surface area contributed by atoms with E-state index in [0.717, 1.165) is 0 Å². The molecule has 0 atom stereocenters. The molecule has 8 heavy (non-hydrogen) atoms. The van der Waals surface area contributed by atoms with Crippen LogP contribution in [0.15, 0.2) is 0 Å². The lowest BCUT2D eigenvalue weighted by Gasteiger charge is -1.81. The van der Waals surface area contributed by atoms with Crippen molar-refractivity contribution < 1.29 is 13.2 Å². The molecule has 0 bridgehead atoms. The van der Waals surface area contributed by atoms with Crippen LogP contribution in [0.2, 0.25) is 0 Å². The number of ether oxygens (including phenoxy) is 1. The second kappa shape index (κ2) is 2.25. The van der Waals surface area contributed by atoms with E-state index in [4.69, 9.17) is 0 Å². The Morgan fingerprint density at radius 2 is 2.38 bits per heavy atom.